The molecule has 0 bridgehead atoms. The Morgan fingerprint density at radius 2 is 0.964 bits per heavy atom. The van der Waals surface area contributed by atoms with Gasteiger partial charge in [0.1, 0.15) is 11.5 Å². The molecule has 8 aromatic rings. The highest BCUT2D eigenvalue weighted by atomic mass is 16.5. The van der Waals surface area contributed by atoms with Gasteiger partial charge in [0, 0.05) is 45.2 Å². The van der Waals surface area contributed by atoms with Crippen LogP contribution in [-0.4, -0.2) is 15.0 Å². The van der Waals surface area contributed by atoms with Crippen molar-refractivity contribution in [2.24, 2.45) is 5.92 Å². The summed E-state index contributed by atoms with van der Waals surface area (Å²) >= 11 is 0. The maximum absolute atomic E-state index is 6.95. The van der Waals surface area contributed by atoms with E-state index in [4.69, 9.17) is 19.7 Å². The quantitative estimate of drug-likeness (QED) is 0.178. The molecule has 3 unspecified atom stereocenters. The number of benzene rings is 7. The smallest absolute Gasteiger partial charge is 0.164 e. The van der Waals surface area contributed by atoms with Gasteiger partial charge in [0.2, 0.25) is 0 Å². The number of ether oxygens (including phenoxy) is 1. The third-order valence-corrected chi connectivity index (χ3v) is 11.7. The molecule has 1 aliphatic heterocycles. The van der Waals surface area contributed by atoms with Crippen molar-refractivity contribution >= 4 is 0 Å². The molecular weight excluding hydrogens is 683 g/mol. The Morgan fingerprint density at radius 3 is 1.71 bits per heavy atom. The molecule has 4 heteroatoms. The van der Waals surface area contributed by atoms with Gasteiger partial charge >= 0.3 is 0 Å². The summed E-state index contributed by atoms with van der Waals surface area (Å²) in [6.07, 6.45) is 9.20. The minimum atomic E-state index is -0.376. The van der Waals surface area contributed by atoms with E-state index in [1.165, 1.54) is 22.3 Å². The molecule has 4 nitrogen and oxygen atoms in total. The molecule has 1 aromatic heterocycles. The number of nitrogens with zero attached hydrogens (tertiary/aromatic N) is 3. The van der Waals surface area contributed by atoms with Crippen LogP contribution in [0.2, 0.25) is 0 Å². The summed E-state index contributed by atoms with van der Waals surface area (Å²) in [5, 5.41) is 0. The van der Waals surface area contributed by atoms with Gasteiger partial charge in [-0.15, -0.1) is 0 Å². The number of hydrogen-bond acceptors (Lipinski definition) is 4. The normalized spacial score (nSPS) is 18.4. The fourth-order valence-corrected chi connectivity index (χ4v) is 9.23. The van der Waals surface area contributed by atoms with Crippen molar-refractivity contribution in [1.82, 2.24) is 15.0 Å². The molecule has 0 radical (unpaired) electrons. The van der Waals surface area contributed by atoms with Gasteiger partial charge in [0.05, 0.1) is 5.41 Å². The molecule has 0 saturated carbocycles. The fourth-order valence-electron chi connectivity index (χ4n) is 9.23. The lowest BCUT2D eigenvalue weighted by molar-refractivity contribution is 0.375. The summed E-state index contributed by atoms with van der Waals surface area (Å²) in [5.41, 5.74) is 12.0. The van der Waals surface area contributed by atoms with Crippen molar-refractivity contribution in [3.8, 4) is 67.9 Å². The van der Waals surface area contributed by atoms with Gasteiger partial charge < -0.3 is 4.74 Å². The van der Waals surface area contributed by atoms with Crippen molar-refractivity contribution in [2.45, 2.75) is 11.3 Å². The number of fused-ring (bicyclic) bond motifs is 9. The van der Waals surface area contributed by atoms with Gasteiger partial charge in [-0.3, -0.25) is 0 Å². The van der Waals surface area contributed by atoms with E-state index in [-0.39, 0.29) is 11.3 Å². The van der Waals surface area contributed by atoms with Crippen LogP contribution in [0.15, 0.2) is 200 Å². The zero-order chi connectivity index (χ0) is 37.1. The molecule has 3 aliphatic rings. The predicted molar refractivity (Wildman–Crippen MR) is 224 cm³/mol. The maximum atomic E-state index is 6.95. The van der Waals surface area contributed by atoms with Crippen LogP contribution in [0.3, 0.4) is 0 Å². The second kappa shape index (κ2) is 13.0. The second-order valence-electron chi connectivity index (χ2n) is 14.7. The van der Waals surface area contributed by atoms with Crippen molar-refractivity contribution in [2.75, 3.05) is 0 Å². The summed E-state index contributed by atoms with van der Waals surface area (Å²) in [4.78, 5) is 14.8. The molecule has 0 N–H and O–H groups in total. The summed E-state index contributed by atoms with van der Waals surface area (Å²) in [6, 6.07) is 61.8. The molecule has 3 atom stereocenters. The van der Waals surface area contributed by atoms with Gasteiger partial charge in [0.15, 0.2) is 17.5 Å². The number of allylic oxidation sites excluding steroid dienone is 4. The van der Waals surface area contributed by atoms with Gasteiger partial charge in [-0.05, 0) is 39.9 Å². The summed E-state index contributed by atoms with van der Waals surface area (Å²) in [6.45, 7) is 0. The average Bonchev–Trinajstić information content (AvgIpc) is 3.57. The number of para-hydroxylation sites is 2. The van der Waals surface area contributed by atoms with E-state index >= 15 is 0 Å². The number of hydrogen-bond donors (Lipinski definition) is 0. The standard InChI is InChI=1S/C52H35N3O/c1-3-15-36(16-4-1)49-53-50(37-17-5-2-6-18-37)55-51(54-49)39-20-13-19-38(33-39)34-29-31-35(32-30-34)40-23-14-27-46-48(40)56-47-28-12-11-26-45(47)52(46)43-24-9-7-21-41(43)42-22-8-10-25-44(42)52/h1-33,41,43H. The van der Waals surface area contributed by atoms with Crippen molar-refractivity contribution in [3.63, 3.8) is 0 Å². The van der Waals surface area contributed by atoms with E-state index < -0.39 is 0 Å². The molecule has 7 aromatic carbocycles. The Hall–Kier alpha value is -7.17. The van der Waals surface area contributed by atoms with Crippen LogP contribution >= 0.6 is 0 Å². The van der Waals surface area contributed by atoms with Gasteiger partial charge in [0.25, 0.3) is 0 Å². The van der Waals surface area contributed by atoms with Crippen LogP contribution < -0.4 is 4.74 Å². The van der Waals surface area contributed by atoms with E-state index in [1.54, 1.807) is 0 Å². The first kappa shape index (κ1) is 32.3. The number of rotatable bonds is 5. The van der Waals surface area contributed by atoms with Crippen molar-refractivity contribution < 1.29 is 4.74 Å². The molecule has 2 heterocycles. The molecular formula is C52H35N3O. The highest BCUT2D eigenvalue weighted by molar-refractivity contribution is 5.81. The third-order valence-electron chi connectivity index (χ3n) is 11.7. The lowest BCUT2D eigenvalue weighted by atomic mass is 9.61. The van der Waals surface area contributed by atoms with E-state index in [9.17, 15) is 0 Å². The Labute approximate surface area is 326 Å². The highest BCUT2D eigenvalue weighted by Crippen LogP contribution is 2.65. The summed E-state index contributed by atoms with van der Waals surface area (Å²) in [7, 11) is 0. The minimum Gasteiger partial charge on any atom is -0.456 e. The van der Waals surface area contributed by atoms with Crippen LogP contribution in [0, 0.1) is 5.92 Å². The minimum absolute atomic E-state index is 0.232. The fraction of sp³-hybridized carbons (Fsp3) is 0.0577. The van der Waals surface area contributed by atoms with Crippen LogP contribution in [0.4, 0.5) is 0 Å². The Morgan fingerprint density at radius 1 is 0.411 bits per heavy atom. The molecule has 56 heavy (non-hydrogen) atoms. The molecule has 264 valence electrons. The Balaban J connectivity index is 0.991. The average molecular weight is 718 g/mol. The largest absolute Gasteiger partial charge is 0.456 e. The second-order valence-corrected chi connectivity index (χ2v) is 14.7. The van der Waals surface area contributed by atoms with Crippen LogP contribution in [0.1, 0.15) is 28.2 Å². The molecule has 0 saturated heterocycles. The molecule has 1 spiro atoms. The molecule has 11 rings (SSSR count). The van der Waals surface area contributed by atoms with E-state index in [0.29, 0.717) is 23.4 Å². The topological polar surface area (TPSA) is 47.9 Å². The SMILES string of the molecule is C1=CC2c3ccccc3C3(c4ccccc4Oc4c(-c5ccc(-c6cccc(-c7nc(-c8ccccc8)nc(-c8ccccc8)n7)c6)cc5)cccc43)C2C=C1. The summed E-state index contributed by atoms with van der Waals surface area (Å²) in [5.74, 6) is 4.31. The maximum Gasteiger partial charge on any atom is 0.164 e. The highest BCUT2D eigenvalue weighted by Gasteiger charge is 2.56. The van der Waals surface area contributed by atoms with E-state index in [1.807, 2.05) is 60.7 Å². The molecule has 0 amide bonds. The molecule has 0 fully saturated rings. The van der Waals surface area contributed by atoms with Crippen molar-refractivity contribution in [3.05, 3.63) is 222 Å². The first-order chi connectivity index (χ1) is 27.8. The van der Waals surface area contributed by atoms with Crippen LogP contribution in [-0.2, 0) is 5.41 Å². The van der Waals surface area contributed by atoms with Crippen molar-refractivity contribution in [1.29, 1.82) is 0 Å². The predicted octanol–water partition coefficient (Wildman–Crippen LogP) is 12.5. The van der Waals surface area contributed by atoms with Gasteiger partial charge in [-0.1, -0.05) is 188 Å². The van der Waals surface area contributed by atoms with Crippen LogP contribution in [0.25, 0.3) is 56.4 Å². The summed E-state index contributed by atoms with van der Waals surface area (Å²) < 4.78 is 6.95. The zero-order valence-corrected chi connectivity index (χ0v) is 30.5. The van der Waals surface area contributed by atoms with E-state index in [0.717, 1.165) is 50.4 Å². The first-order valence-electron chi connectivity index (χ1n) is 19.2. The molecule has 2 aliphatic carbocycles. The van der Waals surface area contributed by atoms with E-state index in [2.05, 4.69) is 140 Å². The van der Waals surface area contributed by atoms with Gasteiger partial charge in [-0.2, -0.15) is 0 Å². The third kappa shape index (κ3) is 5.03. The monoisotopic (exact) mass is 717 g/mol. The number of aromatic nitrogens is 3. The Kier molecular flexibility index (Phi) is 7.49. The van der Waals surface area contributed by atoms with Crippen LogP contribution in [0.5, 0.6) is 11.5 Å². The first-order valence-corrected chi connectivity index (χ1v) is 19.2. The van der Waals surface area contributed by atoms with Gasteiger partial charge in [-0.25, -0.2) is 15.0 Å². The zero-order valence-electron chi connectivity index (χ0n) is 30.5. The lowest BCUT2D eigenvalue weighted by Crippen LogP contribution is -2.37. The Bertz CT molecular complexity index is 2790. The lowest BCUT2D eigenvalue weighted by Gasteiger charge is -2.43.